The predicted octanol–water partition coefficient (Wildman–Crippen LogP) is 2.37. The van der Waals surface area contributed by atoms with Crippen molar-refractivity contribution in [1.29, 1.82) is 0 Å². The third-order valence-electron chi connectivity index (χ3n) is 4.14. The van der Waals surface area contributed by atoms with Gasteiger partial charge in [-0.1, -0.05) is 12.1 Å². The van der Waals surface area contributed by atoms with E-state index in [0.717, 1.165) is 5.56 Å². The van der Waals surface area contributed by atoms with Crippen LogP contribution in [0.4, 0.5) is 5.69 Å². The molecular formula is C23H22N4O5. The van der Waals surface area contributed by atoms with Crippen LogP contribution in [0.3, 0.4) is 0 Å². The SMILES string of the molecule is Cc1cccc(NC(=O)COc2ccc(/C=N\NC(=O)C(=O)NCc3ccco3)cc2)c1. The van der Waals surface area contributed by atoms with Gasteiger partial charge in [0.2, 0.25) is 0 Å². The molecule has 0 fully saturated rings. The fourth-order valence-electron chi connectivity index (χ4n) is 2.60. The van der Waals surface area contributed by atoms with E-state index in [9.17, 15) is 14.4 Å². The number of rotatable bonds is 8. The number of nitrogens with one attached hydrogen (secondary N) is 3. The number of hydrazone groups is 1. The molecule has 32 heavy (non-hydrogen) atoms. The van der Waals surface area contributed by atoms with Gasteiger partial charge in [-0.25, -0.2) is 5.43 Å². The van der Waals surface area contributed by atoms with E-state index < -0.39 is 11.8 Å². The van der Waals surface area contributed by atoms with Crippen LogP contribution in [0.25, 0.3) is 0 Å². The van der Waals surface area contributed by atoms with E-state index in [1.807, 2.05) is 25.1 Å². The summed E-state index contributed by atoms with van der Waals surface area (Å²) < 4.78 is 10.5. The summed E-state index contributed by atoms with van der Waals surface area (Å²) in [6.45, 7) is 1.91. The van der Waals surface area contributed by atoms with Gasteiger partial charge in [-0.05, 0) is 66.6 Å². The quantitative estimate of drug-likeness (QED) is 0.285. The van der Waals surface area contributed by atoms with Crippen LogP contribution >= 0.6 is 0 Å². The number of amides is 3. The summed E-state index contributed by atoms with van der Waals surface area (Å²) in [6.07, 6.45) is 2.86. The van der Waals surface area contributed by atoms with Crippen molar-refractivity contribution in [3.8, 4) is 5.75 Å². The Balaban J connectivity index is 1.39. The molecule has 0 aliphatic heterocycles. The number of carbonyl (C=O) groups is 3. The minimum Gasteiger partial charge on any atom is -0.484 e. The molecule has 0 aliphatic rings. The zero-order chi connectivity index (χ0) is 22.8. The first-order valence-corrected chi connectivity index (χ1v) is 9.72. The van der Waals surface area contributed by atoms with Crippen molar-refractivity contribution in [2.75, 3.05) is 11.9 Å². The lowest BCUT2D eigenvalue weighted by Crippen LogP contribution is -2.37. The molecule has 0 radical (unpaired) electrons. The van der Waals surface area contributed by atoms with Crippen LogP contribution in [-0.2, 0) is 20.9 Å². The third kappa shape index (κ3) is 7.13. The highest BCUT2D eigenvalue weighted by molar-refractivity contribution is 6.35. The minimum absolute atomic E-state index is 0.105. The average Bonchev–Trinajstić information content (AvgIpc) is 3.30. The van der Waals surface area contributed by atoms with E-state index in [-0.39, 0.29) is 19.1 Å². The number of anilines is 1. The van der Waals surface area contributed by atoms with E-state index in [4.69, 9.17) is 9.15 Å². The summed E-state index contributed by atoms with van der Waals surface area (Å²) in [7, 11) is 0. The Kier molecular flexibility index (Phi) is 7.74. The molecule has 1 heterocycles. The number of nitrogens with zero attached hydrogens (tertiary/aromatic N) is 1. The number of ether oxygens (including phenoxy) is 1. The fraction of sp³-hybridized carbons (Fsp3) is 0.130. The Morgan fingerprint density at radius 2 is 1.84 bits per heavy atom. The van der Waals surface area contributed by atoms with Gasteiger partial charge in [0.05, 0.1) is 19.0 Å². The molecule has 3 N–H and O–H groups in total. The van der Waals surface area contributed by atoms with Crippen molar-refractivity contribution in [3.05, 3.63) is 83.8 Å². The molecule has 9 heteroatoms. The maximum Gasteiger partial charge on any atom is 0.329 e. The van der Waals surface area contributed by atoms with Gasteiger partial charge >= 0.3 is 11.8 Å². The third-order valence-corrected chi connectivity index (χ3v) is 4.14. The second-order valence-corrected chi connectivity index (χ2v) is 6.74. The second-order valence-electron chi connectivity index (χ2n) is 6.74. The number of hydrogen-bond acceptors (Lipinski definition) is 6. The van der Waals surface area contributed by atoms with Crippen LogP contribution in [0.1, 0.15) is 16.9 Å². The number of furan rings is 1. The molecule has 3 aromatic rings. The summed E-state index contributed by atoms with van der Waals surface area (Å²) in [5.41, 5.74) is 4.57. The van der Waals surface area contributed by atoms with Crippen molar-refractivity contribution in [2.45, 2.75) is 13.5 Å². The summed E-state index contributed by atoms with van der Waals surface area (Å²) in [5, 5.41) is 8.93. The maximum absolute atomic E-state index is 12.0. The molecule has 0 saturated carbocycles. The minimum atomic E-state index is -0.896. The molecule has 0 saturated heterocycles. The zero-order valence-electron chi connectivity index (χ0n) is 17.3. The lowest BCUT2D eigenvalue weighted by atomic mass is 10.2. The van der Waals surface area contributed by atoms with Crippen LogP contribution in [-0.4, -0.2) is 30.5 Å². The van der Waals surface area contributed by atoms with E-state index in [0.29, 0.717) is 22.8 Å². The van der Waals surface area contributed by atoms with Gasteiger partial charge in [-0.15, -0.1) is 0 Å². The normalized spacial score (nSPS) is 10.5. The molecule has 9 nitrogen and oxygen atoms in total. The van der Waals surface area contributed by atoms with Crippen molar-refractivity contribution in [2.24, 2.45) is 5.10 Å². The fourth-order valence-corrected chi connectivity index (χ4v) is 2.60. The van der Waals surface area contributed by atoms with Crippen LogP contribution in [0.5, 0.6) is 5.75 Å². The van der Waals surface area contributed by atoms with Crippen molar-refractivity contribution in [1.82, 2.24) is 10.7 Å². The molecule has 0 bridgehead atoms. The lowest BCUT2D eigenvalue weighted by molar-refractivity contribution is -0.139. The highest BCUT2D eigenvalue weighted by Gasteiger charge is 2.12. The molecule has 3 rings (SSSR count). The van der Waals surface area contributed by atoms with Gasteiger partial charge in [0.25, 0.3) is 5.91 Å². The Bertz CT molecular complexity index is 1090. The number of aryl methyl sites for hydroxylation is 1. The highest BCUT2D eigenvalue weighted by Crippen LogP contribution is 2.12. The first kappa shape index (κ1) is 22.3. The summed E-state index contributed by atoms with van der Waals surface area (Å²) in [4.78, 5) is 35.4. The van der Waals surface area contributed by atoms with Gasteiger partial charge < -0.3 is 19.8 Å². The van der Waals surface area contributed by atoms with Crippen molar-refractivity contribution < 1.29 is 23.5 Å². The number of carbonyl (C=O) groups excluding carboxylic acids is 3. The zero-order valence-corrected chi connectivity index (χ0v) is 17.3. The molecule has 3 amide bonds. The summed E-state index contributed by atoms with van der Waals surface area (Å²) in [6, 6.07) is 17.6. The van der Waals surface area contributed by atoms with E-state index >= 15 is 0 Å². The van der Waals surface area contributed by atoms with Crippen molar-refractivity contribution >= 4 is 29.6 Å². The largest absolute Gasteiger partial charge is 0.484 e. The monoisotopic (exact) mass is 434 g/mol. The molecular weight excluding hydrogens is 412 g/mol. The van der Waals surface area contributed by atoms with Crippen LogP contribution < -0.4 is 20.8 Å². The van der Waals surface area contributed by atoms with Crippen LogP contribution in [0.2, 0.25) is 0 Å². The van der Waals surface area contributed by atoms with Crippen molar-refractivity contribution in [3.63, 3.8) is 0 Å². The average molecular weight is 434 g/mol. The van der Waals surface area contributed by atoms with E-state index in [1.165, 1.54) is 12.5 Å². The molecule has 164 valence electrons. The van der Waals surface area contributed by atoms with Gasteiger partial charge in [0.15, 0.2) is 6.61 Å². The molecule has 0 aliphatic carbocycles. The Labute approximate surface area is 184 Å². The number of hydrogen-bond donors (Lipinski definition) is 3. The summed E-state index contributed by atoms with van der Waals surface area (Å²) in [5.74, 6) is -0.958. The smallest absolute Gasteiger partial charge is 0.329 e. The summed E-state index contributed by atoms with van der Waals surface area (Å²) >= 11 is 0. The molecule has 0 unspecified atom stereocenters. The van der Waals surface area contributed by atoms with E-state index in [2.05, 4.69) is 21.2 Å². The topological polar surface area (TPSA) is 122 Å². The molecule has 0 spiro atoms. The van der Waals surface area contributed by atoms with Gasteiger partial charge in [0.1, 0.15) is 11.5 Å². The Hall–Kier alpha value is -4.40. The lowest BCUT2D eigenvalue weighted by Gasteiger charge is -2.08. The van der Waals surface area contributed by atoms with Gasteiger partial charge in [-0.2, -0.15) is 5.10 Å². The van der Waals surface area contributed by atoms with Crippen LogP contribution in [0, 0.1) is 6.92 Å². The first-order chi connectivity index (χ1) is 15.5. The van der Waals surface area contributed by atoms with E-state index in [1.54, 1.807) is 42.5 Å². The van der Waals surface area contributed by atoms with Gasteiger partial charge in [-0.3, -0.25) is 14.4 Å². The Morgan fingerprint density at radius 3 is 2.56 bits per heavy atom. The van der Waals surface area contributed by atoms with Crippen LogP contribution in [0.15, 0.2) is 76.4 Å². The first-order valence-electron chi connectivity index (χ1n) is 9.72. The standard InChI is InChI=1S/C23H22N4O5/c1-16-4-2-5-18(12-16)26-21(28)15-32-19-9-7-17(8-10-19)13-25-27-23(30)22(29)24-14-20-6-3-11-31-20/h2-13H,14-15H2,1H3,(H,24,29)(H,26,28)(H,27,30)/b25-13-. The molecule has 2 aromatic carbocycles. The second kappa shape index (κ2) is 11.1. The number of benzene rings is 2. The van der Waals surface area contributed by atoms with Gasteiger partial charge in [0, 0.05) is 5.69 Å². The molecule has 1 aromatic heterocycles. The molecule has 0 atom stereocenters. The Morgan fingerprint density at radius 1 is 1.03 bits per heavy atom. The maximum atomic E-state index is 12.0. The predicted molar refractivity (Wildman–Crippen MR) is 118 cm³/mol. The highest BCUT2D eigenvalue weighted by atomic mass is 16.5.